The molecule has 0 radical (unpaired) electrons. The Morgan fingerprint density at radius 2 is 2.00 bits per heavy atom. The quantitative estimate of drug-likeness (QED) is 0.939. The molecule has 0 spiro atoms. The fourth-order valence-electron chi connectivity index (χ4n) is 3.62. The third-order valence-electron chi connectivity index (χ3n) is 4.93. The van der Waals surface area contributed by atoms with Gasteiger partial charge >= 0.3 is 0 Å². The van der Waals surface area contributed by atoms with Crippen LogP contribution in [0.25, 0.3) is 0 Å². The Labute approximate surface area is 142 Å². The summed E-state index contributed by atoms with van der Waals surface area (Å²) in [4.78, 5) is 14.9. The van der Waals surface area contributed by atoms with Gasteiger partial charge in [0.05, 0.1) is 11.3 Å². The lowest BCUT2D eigenvalue weighted by molar-refractivity contribution is 0.0785. The summed E-state index contributed by atoms with van der Waals surface area (Å²) < 4.78 is 1.90. The largest absolute Gasteiger partial charge is 0.508 e. The van der Waals surface area contributed by atoms with Crippen molar-refractivity contribution in [3.63, 3.8) is 0 Å². The Morgan fingerprint density at radius 3 is 2.62 bits per heavy atom. The van der Waals surface area contributed by atoms with Crippen LogP contribution in [-0.2, 0) is 13.0 Å². The van der Waals surface area contributed by atoms with Gasteiger partial charge in [0.25, 0.3) is 5.91 Å². The lowest BCUT2D eigenvalue weighted by Gasteiger charge is -2.17. The highest BCUT2D eigenvalue weighted by Crippen LogP contribution is 2.25. The Hall–Kier alpha value is -2.30. The zero-order valence-corrected chi connectivity index (χ0v) is 14.6. The first kappa shape index (κ1) is 16.6. The molecule has 5 nitrogen and oxygen atoms in total. The number of phenols is 1. The molecule has 1 atom stereocenters. The molecule has 1 aromatic carbocycles. The lowest BCUT2D eigenvalue weighted by Crippen LogP contribution is -2.29. The molecule has 24 heavy (non-hydrogen) atoms. The number of aryl methyl sites for hydroxylation is 2. The maximum atomic E-state index is 12.9. The van der Waals surface area contributed by atoms with Crippen molar-refractivity contribution >= 4 is 5.91 Å². The van der Waals surface area contributed by atoms with Crippen LogP contribution in [0.2, 0.25) is 0 Å². The van der Waals surface area contributed by atoms with Crippen LogP contribution in [-0.4, -0.2) is 38.8 Å². The smallest absolute Gasteiger partial charge is 0.257 e. The van der Waals surface area contributed by atoms with Crippen molar-refractivity contribution < 1.29 is 9.90 Å². The van der Waals surface area contributed by atoms with Crippen molar-refractivity contribution in [1.82, 2.24) is 14.7 Å². The van der Waals surface area contributed by atoms with Crippen LogP contribution >= 0.6 is 0 Å². The van der Waals surface area contributed by atoms with Crippen molar-refractivity contribution in [3.05, 3.63) is 46.8 Å². The van der Waals surface area contributed by atoms with Crippen LogP contribution in [0, 0.1) is 19.8 Å². The molecule has 1 unspecified atom stereocenters. The van der Waals surface area contributed by atoms with E-state index < -0.39 is 0 Å². The normalized spacial score (nSPS) is 17.5. The summed E-state index contributed by atoms with van der Waals surface area (Å²) >= 11 is 0. The molecule has 1 aliphatic heterocycles. The Kier molecular flexibility index (Phi) is 4.60. The van der Waals surface area contributed by atoms with E-state index in [-0.39, 0.29) is 5.91 Å². The number of carbonyl (C=O) groups excluding carboxylic acids is 1. The number of phenolic OH excluding ortho intramolecular Hbond substituents is 1. The summed E-state index contributed by atoms with van der Waals surface area (Å²) in [5, 5.41) is 13.8. The van der Waals surface area contributed by atoms with Gasteiger partial charge in [-0.3, -0.25) is 9.48 Å². The van der Waals surface area contributed by atoms with Crippen molar-refractivity contribution in [2.24, 2.45) is 5.92 Å². The maximum absolute atomic E-state index is 12.9. The zero-order valence-electron chi connectivity index (χ0n) is 14.6. The first-order valence-electron chi connectivity index (χ1n) is 8.60. The molecular formula is C19H25N3O2. The van der Waals surface area contributed by atoms with Crippen LogP contribution in [0.3, 0.4) is 0 Å². The molecule has 0 aliphatic carbocycles. The van der Waals surface area contributed by atoms with Gasteiger partial charge in [0, 0.05) is 25.3 Å². The molecule has 3 rings (SSSR count). The summed E-state index contributed by atoms with van der Waals surface area (Å²) in [6, 6.07) is 7.36. The van der Waals surface area contributed by atoms with E-state index in [4.69, 9.17) is 0 Å². The van der Waals surface area contributed by atoms with E-state index in [0.717, 1.165) is 49.4 Å². The van der Waals surface area contributed by atoms with E-state index >= 15 is 0 Å². The number of hydrogen-bond acceptors (Lipinski definition) is 3. The highest BCUT2D eigenvalue weighted by molar-refractivity contribution is 5.96. The van der Waals surface area contributed by atoms with E-state index in [1.807, 2.05) is 42.5 Å². The van der Waals surface area contributed by atoms with Gasteiger partial charge in [0.2, 0.25) is 0 Å². The van der Waals surface area contributed by atoms with Crippen LogP contribution in [0.1, 0.15) is 40.7 Å². The average molecular weight is 327 g/mol. The molecule has 1 aromatic heterocycles. The fraction of sp³-hybridized carbons (Fsp3) is 0.474. The van der Waals surface area contributed by atoms with Crippen LogP contribution < -0.4 is 0 Å². The number of rotatable bonds is 4. The van der Waals surface area contributed by atoms with Crippen LogP contribution in [0.5, 0.6) is 5.75 Å². The van der Waals surface area contributed by atoms with Gasteiger partial charge in [-0.2, -0.15) is 5.10 Å². The third-order valence-corrected chi connectivity index (χ3v) is 4.93. The molecule has 0 saturated carbocycles. The second-order valence-corrected chi connectivity index (χ2v) is 6.64. The summed E-state index contributed by atoms with van der Waals surface area (Å²) in [5.41, 5.74) is 3.75. The molecule has 1 fully saturated rings. The number of hydrogen-bond donors (Lipinski definition) is 1. The van der Waals surface area contributed by atoms with E-state index in [1.165, 1.54) is 5.56 Å². The third kappa shape index (κ3) is 3.16. The van der Waals surface area contributed by atoms with Gasteiger partial charge in [0.1, 0.15) is 5.75 Å². The minimum atomic E-state index is 0.109. The highest BCUT2D eigenvalue weighted by atomic mass is 16.3. The van der Waals surface area contributed by atoms with E-state index in [1.54, 1.807) is 12.1 Å². The number of benzene rings is 1. The lowest BCUT2D eigenvalue weighted by atomic mass is 9.99. The summed E-state index contributed by atoms with van der Waals surface area (Å²) in [7, 11) is 0. The van der Waals surface area contributed by atoms with Gasteiger partial charge < -0.3 is 10.0 Å². The van der Waals surface area contributed by atoms with Crippen molar-refractivity contribution in [2.45, 2.75) is 40.2 Å². The second kappa shape index (κ2) is 6.67. The predicted molar refractivity (Wildman–Crippen MR) is 93.2 cm³/mol. The fourth-order valence-corrected chi connectivity index (χ4v) is 3.62. The van der Waals surface area contributed by atoms with Gasteiger partial charge in [-0.1, -0.05) is 12.1 Å². The molecule has 2 heterocycles. The predicted octanol–water partition coefficient (Wildman–Crippen LogP) is 2.93. The monoisotopic (exact) mass is 327 g/mol. The molecule has 5 heteroatoms. The van der Waals surface area contributed by atoms with Gasteiger partial charge in [0.15, 0.2) is 0 Å². The summed E-state index contributed by atoms with van der Waals surface area (Å²) in [6.45, 7) is 8.30. The Balaban J connectivity index is 1.68. The molecule has 1 N–H and O–H groups in total. The maximum Gasteiger partial charge on any atom is 0.257 e. The highest BCUT2D eigenvalue weighted by Gasteiger charge is 2.30. The molecular weight excluding hydrogens is 302 g/mol. The van der Waals surface area contributed by atoms with Gasteiger partial charge in [-0.15, -0.1) is 0 Å². The number of aromatic nitrogens is 2. The first-order chi connectivity index (χ1) is 11.5. The van der Waals surface area contributed by atoms with Crippen molar-refractivity contribution in [1.29, 1.82) is 0 Å². The first-order valence-corrected chi connectivity index (χ1v) is 8.60. The molecule has 0 bridgehead atoms. The molecule has 1 saturated heterocycles. The number of aromatic hydroxyl groups is 1. The molecule has 1 aliphatic rings. The molecule has 2 aromatic rings. The standard InChI is InChI=1S/C19H25N3O2/c1-4-22-14(3)18(13(2)20-22)19(24)21-10-9-16(12-21)11-15-5-7-17(23)8-6-15/h5-8,16,23H,4,9-12H2,1-3H3. The minimum Gasteiger partial charge on any atom is -0.508 e. The number of carbonyl (C=O) groups is 1. The van der Waals surface area contributed by atoms with E-state index in [0.29, 0.717) is 11.7 Å². The van der Waals surface area contributed by atoms with Gasteiger partial charge in [-0.05, 0) is 57.2 Å². The van der Waals surface area contributed by atoms with E-state index in [2.05, 4.69) is 5.10 Å². The SMILES string of the molecule is CCn1nc(C)c(C(=O)N2CCC(Cc3ccc(O)cc3)C2)c1C. The number of nitrogens with zero attached hydrogens (tertiary/aromatic N) is 3. The zero-order chi connectivity index (χ0) is 17.3. The second-order valence-electron chi connectivity index (χ2n) is 6.64. The number of likely N-dealkylation sites (tertiary alicyclic amines) is 1. The molecule has 128 valence electrons. The summed E-state index contributed by atoms with van der Waals surface area (Å²) in [6.07, 6.45) is 1.96. The van der Waals surface area contributed by atoms with Gasteiger partial charge in [-0.25, -0.2) is 0 Å². The average Bonchev–Trinajstić information content (AvgIpc) is 3.13. The topological polar surface area (TPSA) is 58.4 Å². The summed E-state index contributed by atoms with van der Waals surface area (Å²) in [5.74, 6) is 0.874. The van der Waals surface area contributed by atoms with Crippen LogP contribution in [0.4, 0.5) is 0 Å². The Morgan fingerprint density at radius 1 is 1.29 bits per heavy atom. The Bertz CT molecular complexity index is 734. The molecule has 1 amide bonds. The minimum absolute atomic E-state index is 0.109. The van der Waals surface area contributed by atoms with Crippen LogP contribution in [0.15, 0.2) is 24.3 Å². The van der Waals surface area contributed by atoms with E-state index in [9.17, 15) is 9.90 Å². The van der Waals surface area contributed by atoms with Crippen molar-refractivity contribution in [2.75, 3.05) is 13.1 Å². The van der Waals surface area contributed by atoms with Crippen molar-refractivity contribution in [3.8, 4) is 5.75 Å². The number of amides is 1.